The van der Waals surface area contributed by atoms with Crippen LogP contribution in [0.2, 0.25) is 0 Å². The van der Waals surface area contributed by atoms with Gasteiger partial charge in [0.05, 0.1) is 18.2 Å². The quantitative estimate of drug-likeness (QED) is 0.666. The second-order valence-corrected chi connectivity index (χ2v) is 4.75. The molecule has 2 fully saturated rings. The molecule has 0 radical (unpaired) electrons. The number of carbonyl (C=O) groups excluding carboxylic acids is 1. The van der Waals surface area contributed by atoms with E-state index in [1.54, 1.807) is 4.90 Å². The minimum absolute atomic E-state index is 0.00708. The third kappa shape index (κ3) is 2.07. The van der Waals surface area contributed by atoms with E-state index in [-0.39, 0.29) is 18.6 Å². The molecule has 0 bridgehead atoms. The molecule has 1 atom stereocenters. The van der Waals surface area contributed by atoms with Crippen LogP contribution in [0.25, 0.3) is 0 Å². The van der Waals surface area contributed by atoms with E-state index in [4.69, 9.17) is 10.5 Å². The number of rotatable bonds is 2. The molecular formula is C11H20N2O3. The van der Waals surface area contributed by atoms with Gasteiger partial charge in [-0.25, -0.2) is 0 Å². The molecule has 0 unspecified atom stereocenters. The van der Waals surface area contributed by atoms with Crippen LogP contribution in [0.5, 0.6) is 0 Å². The first-order valence-electron chi connectivity index (χ1n) is 5.96. The summed E-state index contributed by atoms with van der Waals surface area (Å²) in [5, 5.41) is 9.21. The van der Waals surface area contributed by atoms with E-state index in [2.05, 4.69) is 0 Å². The Hall–Kier alpha value is -0.650. The molecule has 0 aromatic carbocycles. The van der Waals surface area contributed by atoms with Crippen molar-refractivity contribution in [2.75, 3.05) is 26.4 Å². The maximum Gasteiger partial charge on any atom is 0.243 e. The first kappa shape index (κ1) is 11.8. The van der Waals surface area contributed by atoms with Gasteiger partial charge in [0.15, 0.2) is 0 Å². The van der Waals surface area contributed by atoms with E-state index >= 15 is 0 Å². The Labute approximate surface area is 95.5 Å². The standard InChI is InChI=1S/C11H20N2O3/c12-11(3-6-16-7-4-11)10(15)13-5-1-2-9(13)8-14/h9,14H,1-8,12H2/t9-/m1/s1. The Morgan fingerprint density at radius 3 is 2.81 bits per heavy atom. The maximum absolute atomic E-state index is 12.3. The number of amides is 1. The molecule has 2 heterocycles. The average molecular weight is 228 g/mol. The molecule has 0 spiro atoms. The second-order valence-electron chi connectivity index (χ2n) is 4.75. The van der Waals surface area contributed by atoms with Crippen molar-refractivity contribution >= 4 is 5.91 Å². The van der Waals surface area contributed by atoms with Crippen LogP contribution in [0.3, 0.4) is 0 Å². The first-order valence-corrected chi connectivity index (χ1v) is 5.96. The van der Waals surface area contributed by atoms with Crippen molar-refractivity contribution in [2.45, 2.75) is 37.3 Å². The van der Waals surface area contributed by atoms with Crippen LogP contribution in [0.15, 0.2) is 0 Å². The molecule has 5 heteroatoms. The van der Waals surface area contributed by atoms with Gasteiger partial charge in [-0.3, -0.25) is 4.79 Å². The summed E-state index contributed by atoms with van der Waals surface area (Å²) >= 11 is 0. The van der Waals surface area contributed by atoms with Gasteiger partial charge in [-0.15, -0.1) is 0 Å². The Bertz CT molecular complexity index is 264. The lowest BCUT2D eigenvalue weighted by Crippen LogP contribution is -2.59. The molecule has 16 heavy (non-hydrogen) atoms. The van der Waals surface area contributed by atoms with Gasteiger partial charge in [0.2, 0.25) is 5.91 Å². The monoisotopic (exact) mass is 228 g/mol. The third-order valence-corrected chi connectivity index (χ3v) is 3.66. The Morgan fingerprint density at radius 1 is 1.50 bits per heavy atom. The van der Waals surface area contributed by atoms with E-state index in [9.17, 15) is 9.90 Å². The lowest BCUT2D eigenvalue weighted by atomic mass is 9.89. The van der Waals surface area contributed by atoms with Crippen molar-refractivity contribution in [3.8, 4) is 0 Å². The fourth-order valence-electron chi connectivity index (χ4n) is 2.53. The molecule has 2 rings (SSSR count). The van der Waals surface area contributed by atoms with Crippen molar-refractivity contribution in [3.63, 3.8) is 0 Å². The van der Waals surface area contributed by atoms with Crippen LogP contribution in [-0.4, -0.2) is 53.9 Å². The Balaban J connectivity index is 2.05. The molecule has 0 aliphatic carbocycles. The van der Waals surface area contributed by atoms with E-state index in [1.807, 2.05) is 0 Å². The van der Waals surface area contributed by atoms with E-state index in [0.717, 1.165) is 19.4 Å². The summed E-state index contributed by atoms with van der Waals surface area (Å²) in [7, 11) is 0. The molecular weight excluding hydrogens is 208 g/mol. The Kier molecular flexibility index (Phi) is 3.47. The van der Waals surface area contributed by atoms with Gasteiger partial charge in [-0.05, 0) is 25.7 Å². The van der Waals surface area contributed by atoms with Crippen molar-refractivity contribution in [3.05, 3.63) is 0 Å². The van der Waals surface area contributed by atoms with E-state index in [0.29, 0.717) is 26.1 Å². The summed E-state index contributed by atoms with van der Waals surface area (Å²) in [5.74, 6) is -0.00708. The summed E-state index contributed by atoms with van der Waals surface area (Å²) in [6, 6.07) is -0.0317. The highest BCUT2D eigenvalue weighted by atomic mass is 16.5. The van der Waals surface area contributed by atoms with Crippen molar-refractivity contribution in [1.82, 2.24) is 4.90 Å². The number of hydrogen-bond donors (Lipinski definition) is 2. The van der Waals surface area contributed by atoms with Crippen molar-refractivity contribution < 1.29 is 14.6 Å². The van der Waals surface area contributed by atoms with Gasteiger partial charge in [0, 0.05) is 19.8 Å². The van der Waals surface area contributed by atoms with Gasteiger partial charge in [0.25, 0.3) is 0 Å². The maximum atomic E-state index is 12.3. The van der Waals surface area contributed by atoms with Crippen LogP contribution in [0.1, 0.15) is 25.7 Å². The summed E-state index contributed by atoms with van der Waals surface area (Å²) in [4.78, 5) is 14.1. The fourth-order valence-corrected chi connectivity index (χ4v) is 2.53. The van der Waals surface area contributed by atoms with Gasteiger partial charge < -0.3 is 20.5 Å². The fraction of sp³-hybridized carbons (Fsp3) is 0.909. The summed E-state index contributed by atoms with van der Waals surface area (Å²) in [6.45, 7) is 1.88. The molecule has 0 saturated carbocycles. The van der Waals surface area contributed by atoms with Crippen molar-refractivity contribution in [1.29, 1.82) is 0 Å². The van der Waals surface area contributed by atoms with Crippen LogP contribution >= 0.6 is 0 Å². The Morgan fingerprint density at radius 2 is 2.19 bits per heavy atom. The summed E-state index contributed by atoms with van der Waals surface area (Å²) in [5.41, 5.74) is 5.38. The summed E-state index contributed by atoms with van der Waals surface area (Å²) in [6.07, 6.45) is 3.01. The second kappa shape index (κ2) is 4.69. The lowest BCUT2D eigenvalue weighted by Gasteiger charge is -2.37. The number of nitrogens with zero attached hydrogens (tertiary/aromatic N) is 1. The SMILES string of the molecule is NC1(C(=O)N2CCC[C@@H]2CO)CCOCC1. The molecule has 0 aromatic rings. The minimum atomic E-state index is -0.768. The highest BCUT2D eigenvalue weighted by Gasteiger charge is 2.42. The number of aliphatic hydroxyl groups excluding tert-OH is 1. The number of nitrogens with two attached hydrogens (primary N) is 1. The molecule has 2 saturated heterocycles. The van der Waals surface area contributed by atoms with Gasteiger partial charge >= 0.3 is 0 Å². The smallest absolute Gasteiger partial charge is 0.243 e. The number of aliphatic hydroxyl groups is 1. The number of hydrogen-bond acceptors (Lipinski definition) is 4. The highest BCUT2D eigenvalue weighted by Crippen LogP contribution is 2.25. The minimum Gasteiger partial charge on any atom is -0.394 e. The largest absolute Gasteiger partial charge is 0.394 e. The van der Waals surface area contributed by atoms with Gasteiger partial charge in [0.1, 0.15) is 0 Å². The number of ether oxygens (including phenoxy) is 1. The molecule has 3 N–H and O–H groups in total. The van der Waals surface area contributed by atoms with Crippen LogP contribution in [-0.2, 0) is 9.53 Å². The zero-order valence-corrected chi connectivity index (χ0v) is 9.52. The zero-order chi connectivity index (χ0) is 11.6. The topological polar surface area (TPSA) is 75.8 Å². The lowest BCUT2D eigenvalue weighted by molar-refractivity contribution is -0.142. The molecule has 92 valence electrons. The van der Waals surface area contributed by atoms with Crippen LogP contribution in [0, 0.1) is 0 Å². The predicted molar refractivity (Wildman–Crippen MR) is 58.8 cm³/mol. The average Bonchev–Trinajstić information content (AvgIpc) is 2.77. The van der Waals surface area contributed by atoms with Gasteiger partial charge in [-0.1, -0.05) is 0 Å². The predicted octanol–water partition coefficient (Wildman–Crippen LogP) is -0.522. The molecule has 2 aliphatic heterocycles. The third-order valence-electron chi connectivity index (χ3n) is 3.66. The molecule has 1 amide bonds. The van der Waals surface area contributed by atoms with Crippen molar-refractivity contribution in [2.24, 2.45) is 5.73 Å². The zero-order valence-electron chi connectivity index (χ0n) is 9.52. The summed E-state index contributed by atoms with van der Waals surface area (Å²) < 4.78 is 5.23. The number of carbonyl (C=O) groups is 1. The highest BCUT2D eigenvalue weighted by molar-refractivity contribution is 5.86. The number of likely N-dealkylation sites (tertiary alicyclic amines) is 1. The first-order chi connectivity index (χ1) is 7.67. The van der Waals surface area contributed by atoms with Crippen LogP contribution < -0.4 is 5.73 Å². The van der Waals surface area contributed by atoms with E-state index in [1.165, 1.54) is 0 Å². The normalized spacial score (nSPS) is 29.4. The molecule has 2 aliphatic rings. The van der Waals surface area contributed by atoms with Gasteiger partial charge in [-0.2, -0.15) is 0 Å². The molecule has 0 aromatic heterocycles. The van der Waals surface area contributed by atoms with E-state index < -0.39 is 5.54 Å². The van der Waals surface area contributed by atoms with Crippen LogP contribution in [0.4, 0.5) is 0 Å². The molecule has 5 nitrogen and oxygen atoms in total.